The maximum absolute atomic E-state index is 12.1. The van der Waals surface area contributed by atoms with E-state index >= 15 is 0 Å². The van der Waals surface area contributed by atoms with Crippen molar-refractivity contribution in [3.63, 3.8) is 0 Å². The number of aliphatic carboxylic acids is 1. The van der Waals surface area contributed by atoms with Gasteiger partial charge in [0.25, 0.3) is 11.8 Å². The second-order valence-corrected chi connectivity index (χ2v) is 4.70. The standard InChI is InChI=1S/C14H14N2O5/c1-15(7-6-12(18)19)11(17)8-16-13(20)9-4-2-3-5-10(9)14(16)21/h2-5H,6-8H2,1H3,(H,18,19). The zero-order valence-electron chi connectivity index (χ0n) is 11.4. The minimum Gasteiger partial charge on any atom is -0.481 e. The zero-order valence-corrected chi connectivity index (χ0v) is 11.4. The summed E-state index contributed by atoms with van der Waals surface area (Å²) in [4.78, 5) is 48.6. The fraction of sp³-hybridized carbons (Fsp3) is 0.286. The van der Waals surface area contributed by atoms with Gasteiger partial charge >= 0.3 is 5.97 Å². The highest BCUT2D eigenvalue weighted by molar-refractivity contribution is 6.22. The van der Waals surface area contributed by atoms with Gasteiger partial charge in [0.15, 0.2) is 0 Å². The summed E-state index contributed by atoms with van der Waals surface area (Å²) < 4.78 is 0. The van der Waals surface area contributed by atoms with Gasteiger partial charge in [0, 0.05) is 13.6 Å². The molecule has 1 aromatic rings. The third kappa shape index (κ3) is 2.91. The first-order valence-corrected chi connectivity index (χ1v) is 6.33. The van der Waals surface area contributed by atoms with Crippen LogP contribution in [-0.2, 0) is 9.59 Å². The monoisotopic (exact) mass is 290 g/mol. The maximum Gasteiger partial charge on any atom is 0.305 e. The van der Waals surface area contributed by atoms with Gasteiger partial charge in [0.2, 0.25) is 5.91 Å². The summed E-state index contributed by atoms with van der Waals surface area (Å²) >= 11 is 0. The molecule has 110 valence electrons. The average Bonchev–Trinajstić information content (AvgIpc) is 2.70. The molecule has 1 aromatic carbocycles. The molecule has 0 unspecified atom stereocenters. The van der Waals surface area contributed by atoms with E-state index in [1.807, 2.05) is 0 Å². The van der Waals surface area contributed by atoms with E-state index in [9.17, 15) is 19.2 Å². The third-order valence-electron chi connectivity index (χ3n) is 3.26. The van der Waals surface area contributed by atoms with Crippen LogP contribution in [-0.4, -0.2) is 58.7 Å². The van der Waals surface area contributed by atoms with Gasteiger partial charge < -0.3 is 10.0 Å². The lowest BCUT2D eigenvalue weighted by molar-refractivity contribution is -0.138. The Morgan fingerprint density at radius 3 is 2.14 bits per heavy atom. The first-order chi connectivity index (χ1) is 9.91. The molecule has 1 heterocycles. The van der Waals surface area contributed by atoms with Crippen molar-refractivity contribution < 1.29 is 24.3 Å². The van der Waals surface area contributed by atoms with E-state index < -0.39 is 23.7 Å². The Morgan fingerprint density at radius 2 is 1.67 bits per heavy atom. The quantitative estimate of drug-likeness (QED) is 0.782. The van der Waals surface area contributed by atoms with Crippen molar-refractivity contribution in [2.24, 2.45) is 0 Å². The Kier molecular flexibility index (Phi) is 4.02. The zero-order chi connectivity index (χ0) is 15.6. The molecule has 1 aliphatic heterocycles. The fourth-order valence-corrected chi connectivity index (χ4v) is 2.03. The summed E-state index contributed by atoms with van der Waals surface area (Å²) in [6, 6.07) is 6.37. The lowest BCUT2D eigenvalue weighted by Gasteiger charge is -2.19. The topological polar surface area (TPSA) is 95.0 Å². The number of carbonyl (C=O) groups excluding carboxylic acids is 3. The lowest BCUT2D eigenvalue weighted by Crippen LogP contribution is -2.41. The number of carbonyl (C=O) groups is 4. The summed E-state index contributed by atoms with van der Waals surface area (Å²) in [5, 5.41) is 8.57. The van der Waals surface area contributed by atoms with Gasteiger partial charge in [-0.3, -0.25) is 24.1 Å². The molecule has 3 amide bonds. The number of rotatable bonds is 5. The largest absolute Gasteiger partial charge is 0.481 e. The van der Waals surface area contributed by atoms with Gasteiger partial charge in [-0.2, -0.15) is 0 Å². The maximum atomic E-state index is 12.1. The molecular formula is C14H14N2O5. The molecule has 0 fully saturated rings. The van der Waals surface area contributed by atoms with Crippen LogP contribution in [0, 0.1) is 0 Å². The number of imide groups is 1. The smallest absolute Gasteiger partial charge is 0.305 e. The number of benzene rings is 1. The highest BCUT2D eigenvalue weighted by atomic mass is 16.4. The van der Waals surface area contributed by atoms with Crippen molar-refractivity contribution in [2.45, 2.75) is 6.42 Å². The molecule has 0 spiro atoms. The van der Waals surface area contributed by atoms with Crippen molar-refractivity contribution >= 4 is 23.7 Å². The van der Waals surface area contributed by atoms with E-state index in [0.29, 0.717) is 0 Å². The van der Waals surface area contributed by atoms with E-state index in [-0.39, 0.29) is 30.6 Å². The van der Waals surface area contributed by atoms with E-state index in [1.54, 1.807) is 12.1 Å². The molecule has 1 N–H and O–H groups in total. The number of likely N-dealkylation sites (N-methyl/N-ethyl adjacent to an activating group) is 1. The summed E-state index contributed by atoms with van der Waals surface area (Å²) in [6.07, 6.45) is -0.190. The fourth-order valence-electron chi connectivity index (χ4n) is 2.03. The molecule has 0 bridgehead atoms. The molecule has 7 nitrogen and oxygen atoms in total. The molecule has 21 heavy (non-hydrogen) atoms. The summed E-state index contributed by atoms with van der Waals surface area (Å²) in [5.41, 5.74) is 0.562. The van der Waals surface area contributed by atoms with Gasteiger partial charge in [-0.05, 0) is 12.1 Å². The Balaban J connectivity index is 2.05. The molecule has 0 aromatic heterocycles. The summed E-state index contributed by atoms with van der Waals surface area (Å²) in [5.74, 6) is -2.51. The number of hydrogen-bond acceptors (Lipinski definition) is 4. The Labute approximate surface area is 120 Å². The van der Waals surface area contributed by atoms with Crippen molar-refractivity contribution in [1.82, 2.24) is 9.80 Å². The van der Waals surface area contributed by atoms with Crippen molar-refractivity contribution in [2.75, 3.05) is 20.1 Å². The summed E-state index contributed by atoms with van der Waals surface area (Å²) in [6.45, 7) is -0.361. The van der Waals surface area contributed by atoms with Gasteiger partial charge in [0.1, 0.15) is 6.54 Å². The van der Waals surface area contributed by atoms with Crippen LogP contribution in [0.2, 0.25) is 0 Å². The molecule has 1 aliphatic rings. The van der Waals surface area contributed by atoms with E-state index in [1.165, 1.54) is 24.1 Å². The number of fused-ring (bicyclic) bond motifs is 1. The second-order valence-electron chi connectivity index (χ2n) is 4.70. The predicted octanol–water partition coefficient (Wildman–Crippen LogP) is 0.216. The normalized spacial score (nSPS) is 13.3. The minimum atomic E-state index is -1.02. The minimum absolute atomic E-state index is 0.0251. The third-order valence-corrected chi connectivity index (χ3v) is 3.26. The molecule has 0 aliphatic carbocycles. The molecule has 0 saturated heterocycles. The molecule has 0 atom stereocenters. The highest BCUT2D eigenvalue weighted by Crippen LogP contribution is 2.22. The van der Waals surface area contributed by atoms with Gasteiger partial charge in [-0.25, -0.2) is 0 Å². The Bertz CT molecular complexity index is 591. The lowest BCUT2D eigenvalue weighted by atomic mass is 10.1. The van der Waals surface area contributed by atoms with Gasteiger partial charge in [-0.1, -0.05) is 12.1 Å². The SMILES string of the molecule is CN(CCC(=O)O)C(=O)CN1C(=O)c2ccccc2C1=O. The first-order valence-electron chi connectivity index (χ1n) is 6.33. The van der Waals surface area contributed by atoms with Crippen LogP contribution in [0.1, 0.15) is 27.1 Å². The molecule has 2 rings (SSSR count). The van der Waals surface area contributed by atoms with Crippen molar-refractivity contribution in [3.8, 4) is 0 Å². The molecule has 0 saturated carbocycles. The molecule has 0 radical (unpaired) electrons. The van der Waals surface area contributed by atoms with E-state index in [0.717, 1.165) is 4.90 Å². The summed E-state index contributed by atoms with van der Waals surface area (Å²) in [7, 11) is 1.43. The van der Waals surface area contributed by atoms with Crippen LogP contribution >= 0.6 is 0 Å². The van der Waals surface area contributed by atoms with Crippen LogP contribution in [0.3, 0.4) is 0 Å². The molecule has 7 heteroatoms. The van der Waals surface area contributed by atoms with Gasteiger partial charge in [0.05, 0.1) is 17.5 Å². The van der Waals surface area contributed by atoms with Crippen LogP contribution in [0.4, 0.5) is 0 Å². The molecular weight excluding hydrogens is 276 g/mol. The van der Waals surface area contributed by atoms with Crippen LogP contribution in [0.25, 0.3) is 0 Å². The van der Waals surface area contributed by atoms with Crippen LogP contribution < -0.4 is 0 Å². The Hall–Kier alpha value is -2.70. The number of amides is 3. The van der Waals surface area contributed by atoms with Crippen LogP contribution in [0.5, 0.6) is 0 Å². The Morgan fingerprint density at radius 1 is 1.14 bits per heavy atom. The number of carboxylic acids is 1. The predicted molar refractivity (Wildman–Crippen MR) is 71.7 cm³/mol. The highest BCUT2D eigenvalue weighted by Gasteiger charge is 2.36. The van der Waals surface area contributed by atoms with Crippen LogP contribution in [0.15, 0.2) is 24.3 Å². The van der Waals surface area contributed by atoms with E-state index in [4.69, 9.17) is 5.11 Å². The first kappa shape index (κ1) is 14.7. The van der Waals surface area contributed by atoms with Crippen molar-refractivity contribution in [1.29, 1.82) is 0 Å². The number of hydrogen-bond donors (Lipinski definition) is 1. The average molecular weight is 290 g/mol. The van der Waals surface area contributed by atoms with Crippen molar-refractivity contribution in [3.05, 3.63) is 35.4 Å². The van der Waals surface area contributed by atoms with E-state index in [2.05, 4.69) is 0 Å². The van der Waals surface area contributed by atoms with Gasteiger partial charge in [-0.15, -0.1) is 0 Å². The number of nitrogens with zero attached hydrogens (tertiary/aromatic N) is 2. The second kappa shape index (κ2) is 5.74. The number of carboxylic acid groups (broad SMARTS) is 1.